The first-order chi connectivity index (χ1) is 15.4. The van der Waals surface area contributed by atoms with E-state index >= 15 is 0 Å². The maximum absolute atomic E-state index is 12.9. The van der Waals surface area contributed by atoms with E-state index in [0.29, 0.717) is 5.39 Å². The zero-order valence-corrected chi connectivity index (χ0v) is 18.5. The molecule has 0 bridgehead atoms. The number of alkyl halides is 3. The van der Waals surface area contributed by atoms with E-state index in [1.165, 1.54) is 32.0 Å². The van der Waals surface area contributed by atoms with Gasteiger partial charge in [-0.3, -0.25) is 9.59 Å². The van der Waals surface area contributed by atoms with Crippen LogP contribution in [0.5, 0.6) is 0 Å². The van der Waals surface area contributed by atoms with E-state index < -0.39 is 45.4 Å². The Morgan fingerprint density at radius 2 is 1.52 bits per heavy atom. The van der Waals surface area contributed by atoms with Crippen molar-refractivity contribution >= 4 is 38.3 Å². The lowest BCUT2D eigenvalue weighted by Crippen LogP contribution is -2.43. The van der Waals surface area contributed by atoms with Crippen LogP contribution in [0.25, 0.3) is 10.8 Å². The largest absolute Gasteiger partial charge is 0.416 e. The van der Waals surface area contributed by atoms with Crippen LogP contribution in [0.3, 0.4) is 0 Å². The first kappa shape index (κ1) is 24.2. The second kappa shape index (κ2) is 9.22. The Hall–Kier alpha value is -3.40. The van der Waals surface area contributed by atoms with Crippen LogP contribution < -0.4 is 10.0 Å². The lowest BCUT2D eigenvalue weighted by molar-refractivity contribution is -0.138. The van der Waals surface area contributed by atoms with Crippen LogP contribution in [0.4, 0.5) is 18.9 Å². The van der Waals surface area contributed by atoms with Crippen LogP contribution in [0.1, 0.15) is 19.4 Å². The van der Waals surface area contributed by atoms with Crippen LogP contribution in [0.15, 0.2) is 71.6 Å². The highest BCUT2D eigenvalue weighted by molar-refractivity contribution is 7.90. The Kier molecular flexibility index (Phi) is 6.78. The van der Waals surface area contributed by atoms with E-state index in [1.54, 1.807) is 30.3 Å². The van der Waals surface area contributed by atoms with E-state index in [1.807, 2.05) is 4.72 Å². The quantitative estimate of drug-likeness (QED) is 0.508. The minimum Gasteiger partial charge on any atom is -0.325 e. The van der Waals surface area contributed by atoms with Crippen LogP contribution in [0, 0.1) is 11.8 Å². The summed E-state index contributed by atoms with van der Waals surface area (Å²) in [4.78, 5) is 25.3. The number of hydrogen-bond acceptors (Lipinski definition) is 4. The normalized spacial score (nSPS) is 13.0. The van der Waals surface area contributed by atoms with E-state index in [2.05, 4.69) is 5.32 Å². The number of benzene rings is 3. The minimum atomic E-state index is -4.61. The number of fused-ring (bicyclic) bond motifs is 1. The number of carbonyl (C=O) groups excluding carboxylic acids is 2. The maximum atomic E-state index is 12.9. The van der Waals surface area contributed by atoms with Crippen molar-refractivity contribution in [3.63, 3.8) is 0 Å². The number of sulfonamides is 1. The van der Waals surface area contributed by atoms with E-state index in [4.69, 9.17) is 0 Å². The van der Waals surface area contributed by atoms with Gasteiger partial charge in [0.15, 0.2) is 0 Å². The molecule has 0 aliphatic carbocycles. The van der Waals surface area contributed by atoms with Crippen molar-refractivity contribution in [3.05, 3.63) is 72.3 Å². The van der Waals surface area contributed by atoms with Gasteiger partial charge in [0.25, 0.3) is 10.0 Å². The number of amides is 2. The molecule has 2 N–H and O–H groups in total. The first-order valence-electron chi connectivity index (χ1n) is 9.92. The van der Waals surface area contributed by atoms with Gasteiger partial charge >= 0.3 is 6.18 Å². The summed E-state index contributed by atoms with van der Waals surface area (Å²) in [5.41, 5.74) is -1.13. The topological polar surface area (TPSA) is 92.3 Å². The fourth-order valence-corrected chi connectivity index (χ4v) is 4.35. The van der Waals surface area contributed by atoms with E-state index in [-0.39, 0.29) is 10.6 Å². The Balaban J connectivity index is 1.81. The number of rotatable bonds is 6. The Morgan fingerprint density at radius 3 is 2.15 bits per heavy atom. The summed E-state index contributed by atoms with van der Waals surface area (Å²) in [6, 6.07) is 15.3. The molecule has 3 rings (SSSR count). The molecule has 6 nitrogen and oxygen atoms in total. The lowest BCUT2D eigenvalue weighted by atomic mass is 9.94. The molecule has 10 heteroatoms. The Bertz CT molecular complexity index is 1300. The third-order valence-corrected chi connectivity index (χ3v) is 6.30. The van der Waals surface area contributed by atoms with Gasteiger partial charge in [0, 0.05) is 5.69 Å². The van der Waals surface area contributed by atoms with Crippen LogP contribution in [0.2, 0.25) is 0 Å². The molecule has 174 valence electrons. The zero-order chi connectivity index (χ0) is 24.4. The second-order valence-corrected chi connectivity index (χ2v) is 9.45. The standard InChI is InChI=1S/C23H21F3N2O4S/c1-14(2)20(21(29)27-18-9-5-8-17(13-18)23(24,25)26)22(30)28-33(31,32)19-11-10-15-6-3-4-7-16(15)12-19/h3-14,20H,1-2H3,(H,27,29)(H,28,30). The summed E-state index contributed by atoms with van der Waals surface area (Å²) >= 11 is 0. The van der Waals surface area contributed by atoms with Crippen molar-refractivity contribution in [1.29, 1.82) is 0 Å². The van der Waals surface area contributed by atoms with Crippen LogP contribution >= 0.6 is 0 Å². The average molecular weight is 478 g/mol. The number of carbonyl (C=O) groups is 2. The number of anilines is 1. The van der Waals surface area contributed by atoms with Crippen molar-refractivity contribution in [1.82, 2.24) is 4.72 Å². The molecule has 0 aliphatic rings. The predicted octanol–water partition coefficient (Wildman–Crippen LogP) is 4.57. The van der Waals surface area contributed by atoms with Crippen LogP contribution in [-0.2, 0) is 25.8 Å². The summed E-state index contributed by atoms with van der Waals surface area (Å²) in [7, 11) is -4.29. The smallest absolute Gasteiger partial charge is 0.325 e. The van der Waals surface area contributed by atoms with Crippen LogP contribution in [-0.4, -0.2) is 20.2 Å². The van der Waals surface area contributed by atoms with E-state index in [0.717, 1.165) is 23.6 Å². The lowest BCUT2D eigenvalue weighted by Gasteiger charge is -2.20. The molecule has 1 unspecified atom stereocenters. The summed E-state index contributed by atoms with van der Waals surface area (Å²) < 4.78 is 66.2. The van der Waals surface area contributed by atoms with Crippen molar-refractivity contribution in [2.24, 2.45) is 11.8 Å². The molecular formula is C23H21F3N2O4S. The monoisotopic (exact) mass is 478 g/mol. The van der Waals surface area contributed by atoms with Crippen molar-refractivity contribution in [3.8, 4) is 0 Å². The molecule has 3 aromatic carbocycles. The van der Waals surface area contributed by atoms with Gasteiger partial charge in [-0.2, -0.15) is 13.2 Å². The molecule has 0 aliphatic heterocycles. The van der Waals surface area contributed by atoms with Gasteiger partial charge in [0.05, 0.1) is 10.5 Å². The Morgan fingerprint density at radius 1 is 0.848 bits per heavy atom. The molecule has 0 radical (unpaired) electrons. The summed E-state index contributed by atoms with van der Waals surface area (Å²) in [5.74, 6) is -4.10. The molecule has 0 spiro atoms. The molecular weight excluding hydrogens is 457 g/mol. The number of halogens is 3. The Labute approximate surface area is 188 Å². The fourth-order valence-electron chi connectivity index (χ4n) is 3.31. The average Bonchev–Trinajstić information content (AvgIpc) is 2.72. The SMILES string of the molecule is CC(C)C(C(=O)Nc1cccc(C(F)(F)F)c1)C(=O)NS(=O)(=O)c1ccc2ccccc2c1. The first-order valence-corrected chi connectivity index (χ1v) is 11.4. The van der Waals surface area contributed by atoms with Gasteiger partial charge in [0.1, 0.15) is 5.92 Å². The summed E-state index contributed by atoms with van der Waals surface area (Å²) in [6.07, 6.45) is -4.61. The van der Waals surface area contributed by atoms with Gasteiger partial charge in [-0.05, 0) is 47.0 Å². The zero-order valence-electron chi connectivity index (χ0n) is 17.7. The van der Waals surface area contributed by atoms with Gasteiger partial charge in [-0.15, -0.1) is 0 Å². The fraction of sp³-hybridized carbons (Fsp3) is 0.217. The van der Waals surface area contributed by atoms with Gasteiger partial charge in [-0.25, -0.2) is 13.1 Å². The van der Waals surface area contributed by atoms with Gasteiger partial charge in [-0.1, -0.05) is 50.2 Å². The van der Waals surface area contributed by atoms with Gasteiger partial charge in [0.2, 0.25) is 11.8 Å². The van der Waals surface area contributed by atoms with Crippen molar-refractivity contribution in [2.75, 3.05) is 5.32 Å². The van der Waals surface area contributed by atoms with Gasteiger partial charge < -0.3 is 5.32 Å². The molecule has 2 amide bonds. The predicted molar refractivity (Wildman–Crippen MR) is 118 cm³/mol. The third kappa shape index (κ3) is 5.70. The molecule has 0 heterocycles. The molecule has 0 aromatic heterocycles. The number of hydrogen-bond donors (Lipinski definition) is 2. The number of nitrogens with one attached hydrogen (secondary N) is 2. The second-order valence-electron chi connectivity index (χ2n) is 7.77. The summed E-state index contributed by atoms with van der Waals surface area (Å²) in [5, 5.41) is 3.73. The molecule has 0 saturated carbocycles. The van der Waals surface area contributed by atoms with Crippen molar-refractivity contribution in [2.45, 2.75) is 24.9 Å². The molecule has 33 heavy (non-hydrogen) atoms. The highest BCUT2D eigenvalue weighted by Crippen LogP contribution is 2.31. The summed E-state index contributed by atoms with van der Waals surface area (Å²) in [6.45, 7) is 3.05. The third-order valence-electron chi connectivity index (χ3n) is 4.96. The molecule has 0 fully saturated rings. The maximum Gasteiger partial charge on any atom is 0.416 e. The minimum absolute atomic E-state index is 0.157. The highest BCUT2D eigenvalue weighted by atomic mass is 32.2. The molecule has 0 saturated heterocycles. The van der Waals surface area contributed by atoms with Crippen molar-refractivity contribution < 1.29 is 31.2 Å². The highest BCUT2D eigenvalue weighted by Gasteiger charge is 2.34. The van der Waals surface area contributed by atoms with E-state index in [9.17, 15) is 31.2 Å². The molecule has 3 aromatic rings. The molecule has 1 atom stereocenters.